The summed E-state index contributed by atoms with van der Waals surface area (Å²) in [6, 6.07) is 3.73. The van der Waals surface area contributed by atoms with Crippen molar-refractivity contribution in [3.05, 3.63) is 16.1 Å². The van der Waals surface area contributed by atoms with E-state index in [0.29, 0.717) is 20.8 Å². The van der Waals surface area contributed by atoms with Crippen LogP contribution in [0.3, 0.4) is 0 Å². The number of amides is 1. The van der Waals surface area contributed by atoms with Crippen LogP contribution >= 0.6 is 11.3 Å². The molecule has 2 aromatic rings. The second-order valence-corrected chi connectivity index (χ2v) is 5.41. The number of thiophene rings is 1. The molecule has 0 saturated heterocycles. The standard InChI is InChI=1S/C13H12N6OS/c1-7-8(2)17-18-12-9(7)10(16)11(21-12)13(20)19(5-3-14)6-4-15/h5-6,16H2,1-2H3. The number of rotatable bonds is 3. The molecular formula is C13H12N6OS. The first kappa shape index (κ1) is 14.7. The van der Waals surface area contributed by atoms with Gasteiger partial charge < -0.3 is 10.6 Å². The van der Waals surface area contributed by atoms with Gasteiger partial charge in [-0.1, -0.05) is 0 Å². The van der Waals surface area contributed by atoms with Crippen molar-refractivity contribution < 1.29 is 4.79 Å². The summed E-state index contributed by atoms with van der Waals surface area (Å²) >= 11 is 1.13. The zero-order valence-electron chi connectivity index (χ0n) is 11.5. The second kappa shape index (κ2) is 5.73. The van der Waals surface area contributed by atoms with E-state index in [1.165, 1.54) is 0 Å². The van der Waals surface area contributed by atoms with Crippen molar-refractivity contribution >= 4 is 33.1 Å². The van der Waals surface area contributed by atoms with Gasteiger partial charge in [0.05, 0.1) is 23.5 Å². The van der Waals surface area contributed by atoms with Gasteiger partial charge in [0.15, 0.2) is 0 Å². The van der Waals surface area contributed by atoms with Gasteiger partial charge >= 0.3 is 0 Å². The van der Waals surface area contributed by atoms with Gasteiger partial charge in [0.25, 0.3) is 5.91 Å². The van der Waals surface area contributed by atoms with E-state index < -0.39 is 5.91 Å². The van der Waals surface area contributed by atoms with E-state index in [1.54, 1.807) is 0 Å². The first-order valence-corrected chi connectivity index (χ1v) is 6.88. The van der Waals surface area contributed by atoms with E-state index in [9.17, 15) is 4.79 Å². The van der Waals surface area contributed by atoms with Gasteiger partial charge in [0, 0.05) is 5.39 Å². The van der Waals surface area contributed by atoms with Crippen LogP contribution in [0.25, 0.3) is 10.2 Å². The minimum absolute atomic E-state index is 0.163. The minimum atomic E-state index is -0.435. The van der Waals surface area contributed by atoms with Crippen molar-refractivity contribution in [1.29, 1.82) is 10.5 Å². The molecule has 0 aliphatic carbocycles. The summed E-state index contributed by atoms with van der Waals surface area (Å²) in [6.07, 6.45) is 0. The highest BCUT2D eigenvalue weighted by atomic mass is 32.1. The topological polar surface area (TPSA) is 120 Å². The van der Waals surface area contributed by atoms with Crippen LogP contribution in [0.1, 0.15) is 20.9 Å². The van der Waals surface area contributed by atoms with E-state index in [1.807, 2.05) is 26.0 Å². The third-order valence-electron chi connectivity index (χ3n) is 3.14. The zero-order valence-corrected chi connectivity index (χ0v) is 12.4. The third kappa shape index (κ3) is 2.49. The van der Waals surface area contributed by atoms with Gasteiger partial charge in [0.2, 0.25) is 0 Å². The molecule has 0 atom stereocenters. The number of nitrogens with two attached hydrogens (primary N) is 1. The molecule has 2 rings (SSSR count). The van der Waals surface area contributed by atoms with Crippen molar-refractivity contribution in [2.24, 2.45) is 0 Å². The van der Waals surface area contributed by atoms with Gasteiger partial charge in [-0.15, -0.1) is 16.4 Å². The van der Waals surface area contributed by atoms with Crippen molar-refractivity contribution in [3.8, 4) is 12.1 Å². The normalized spacial score (nSPS) is 10.1. The van der Waals surface area contributed by atoms with Crippen molar-refractivity contribution in [1.82, 2.24) is 15.1 Å². The van der Waals surface area contributed by atoms with E-state index >= 15 is 0 Å². The number of aryl methyl sites for hydroxylation is 2. The third-order valence-corrected chi connectivity index (χ3v) is 4.22. The van der Waals surface area contributed by atoms with Crippen LogP contribution in [0.2, 0.25) is 0 Å². The molecule has 2 aromatic heterocycles. The van der Waals surface area contributed by atoms with E-state index in [2.05, 4.69) is 10.2 Å². The number of nitrogen functional groups attached to an aromatic ring is 1. The highest BCUT2D eigenvalue weighted by Crippen LogP contribution is 2.35. The number of carbonyl (C=O) groups is 1. The number of nitrogens with zero attached hydrogens (tertiary/aromatic N) is 5. The lowest BCUT2D eigenvalue weighted by Crippen LogP contribution is -2.31. The van der Waals surface area contributed by atoms with Crippen LogP contribution in [0.5, 0.6) is 0 Å². The number of fused-ring (bicyclic) bond motifs is 1. The van der Waals surface area contributed by atoms with Crippen LogP contribution in [0.4, 0.5) is 5.69 Å². The van der Waals surface area contributed by atoms with Crippen molar-refractivity contribution in [2.75, 3.05) is 18.8 Å². The number of carbonyl (C=O) groups excluding carboxylic acids is 1. The molecule has 8 heteroatoms. The number of anilines is 1. The highest BCUT2D eigenvalue weighted by Gasteiger charge is 2.23. The maximum atomic E-state index is 12.4. The Labute approximate surface area is 125 Å². The molecule has 0 bridgehead atoms. The zero-order chi connectivity index (χ0) is 15.6. The number of hydrogen-bond acceptors (Lipinski definition) is 7. The summed E-state index contributed by atoms with van der Waals surface area (Å²) in [5.74, 6) is -0.435. The molecule has 0 radical (unpaired) electrons. The van der Waals surface area contributed by atoms with Gasteiger partial charge in [-0.25, -0.2) is 0 Å². The van der Waals surface area contributed by atoms with Gasteiger partial charge in [-0.2, -0.15) is 15.6 Å². The lowest BCUT2D eigenvalue weighted by atomic mass is 10.1. The molecule has 0 aromatic carbocycles. The monoisotopic (exact) mass is 300 g/mol. The second-order valence-electron chi connectivity index (χ2n) is 4.41. The molecule has 0 saturated carbocycles. The average Bonchev–Trinajstić information content (AvgIpc) is 2.80. The summed E-state index contributed by atoms with van der Waals surface area (Å²) in [5.41, 5.74) is 8.02. The largest absolute Gasteiger partial charge is 0.397 e. The number of nitriles is 2. The lowest BCUT2D eigenvalue weighted by Gasteiger charge is -2.14. The number of aromatic nitrogens is 2. The predicted molar refractivity (Wildman–Crippen MR) is 78.4 cm³/mol. The Balaban J connectivity index is 2.55. The van der Waals surface area contributed by atoms with Crippen molar-refractivity contribution in [2.45, 2.75) is 13.8 Å². The maximum Gasteiger partial charge on any atom is 0.267 e. The van der Waals surface area contributed by atoms with Gasteiger partial charge in [-0.05, 0) is 19.4 Å². The Kier molecular flexibility index (Phi) is 4.01. The SMILES string of the molecule is Cc1nnc2sc(C(=O)N(CC#N)CC#N)c(N)c2c1C. The average molecular weight is 300 g/mol. The Hall–Kier alpha value is -2.71. The fourth-order valence-electron chi connectivity index (χ4n) is 1.91. The van der Waals surface area contributed by atoms with Crippen LogP contribution in [-0.4, -0.2) is 34.1 Å². The molecule has 0 spiro atoms. The highest BCUT2D eigenvalue weighted by molar-refractivity contribution is 7.21. The summed E-state index contributed by atoms with van der Waals surface area (Å²) in [4.78, 5) is 14.4. The molecule has 0 aliphatic rings. The molecule has 0 aliphatic heterocycles. The molecule has 0 fully saturated rings. The maximum absolute atomic E-state index is 12.4. The summed E-state index contributed by atoms with van der Waals surface area (Å²) in [7, 11) is 0. The molecular weight excluding hydrogens is 288 g/mol. The van der Waals surface area contributed by atoms with Crippen LogP contribution < -0.4 is 5.73 Å². The van der Waals surface area contributed by atoms with Crippen LogP contribution in [-0.2, 0) is 0 Å². The fourth-order valence-corrected chi connectivity index (χ4v) is 2.98. The Morgan fingerprint density at radius 2 is 1.90 bits per heavy atom. The minimum Gasteiger partial charge on any atom is -0.397 e. The summed E-state index contributed by atoms with van der Waals surface area (Å²) < 4.78 is 0. The first-order valence-electron chi connectivity index (χ1n) is 6.06. The Morgan fingerprint density at radius 1 is 1.29 bits per heavy atom. The van der Waals surface area contributed by atoms with Gasteiger partial charge in [0.1, 0.15) is 22.8 Å². The molecule has 21 heavy (non-hydrogen) atoms. The quantitative estimate of drug-likeness (QED) is 0.855. The Bertz CT molecular complexity index is 782. The van der Waals surface area contributed by atoms with E-state index in [4.69, 9.17) is 16.3 Å². The molecule has 2 N–H and O–H groups in total. The van der Waals surface area contributed by atoms with Crippen LogP contribution in [0, 0.1) is 36.5 Å². The molecule has 0 unspecified atom stereocenters. The van der Waals surface area contributed by atoms with E-state index in [-0.39, 0.29) is 13.1 Å². The lowest BCUT2D eigenvalue weighted by molar-refractivity contribution is 0.0800. The molecule has 2 heterocycles. The fraction of sp³-hybridized carbons (Fsp3) is 0.308. The van der Waals surface area contributed by atoms with Gasteiger partial charge in [-0.3, -0.25) is 4.79 Å². The van der Waals surface area contributed by atoms with Crippen molar-refractivity contribution in [3.63, 3.8) is 0 Å². The number of hydrogen-bond donors (Lipinski definition) is 1. The van der Waals surface area contributed by atoms with E-state index in [0.717, 1.165) is 27.5 Å². The Morgan fingerprint density at radius 3 is 2.48 bits per heavy atom. The molecule has 106 valence electrons. The van der Waals surface area contributed by atoms with Crippen LogP contribution in [0.15, 0.2) is 0 Å². The summed E-state index contributed by atoms with van der Waals surface area (Å²) in [5, 5.41) is 26.3. The predicted octanol–water partition coefficient (Wildman–Crippen LogP) is 1.38. The smallest absolute Gasteiger partial charge is 0.267 e. The first-order chi connectivity index (χ1) is 10.0. The molecule has 1 amide bonds. The summed E-state index contributed by atoms with van der Waals surface area (Å²) in [6.45, 7) is 3.36. The molecule has 7 nitrogen and oxygen atoms in total.